The number of nitriles is 1. The van der Waals surface area contributed by atoms with E-state index in [0.717, 1.165) is 6.07 Å². The Morgan fingerprint density at radius 1 is 1.18 bits per heavy atom. The lowest BCUT2D eigenvalue weighted by atomic mass is 10.2. The van der Waals surface area contributed by atoms with Gasteiger partial charge in [0.15, 0.2) is 18.1 Å². The number of hydrogen-bond donors (Lipinski definition) is 1. The number of anilines is 1. The molecule has 2 rings (SSSR count). The molecule has 0 spiro atoms. The van der Waals surface area contributed by atoms with Crippen LogP contribution in [0.4, 0.5) is 14.5 Å². The average Bonchev–Trinajstić information content (AvgIpc) is 2.67. The first-order valence-electron chi connectivity index (χ1n) is 8.12. The number of benzene rings is 2. The number of nitrogens with zero attached hydrogens (tertiary/aromatic N) is 1. The maximum Gasteiger partial charge on any atom is 0.387 e. The second-order valence-corrected chi connectivity index (χ2v) is 5.25. The highest BCUT2D eigenvalue weighted by Gasteiger charge is 2.16. The van der Waals surface area contributed by atoms with E-state index in [1.807, 2.05) is 6.07 Å². The normalized spacial score (nSPS) is 10.1. The lowest BCUT2D eigenvalue weighted by Crippen LogP contribution is -2.21. The zero-order valence-electron chi connectivity index (χ0n) is 14.8. The highest BCUT2D eigenvalue weighted by molar-refractivity contribution is 5.96. The van der Waals surface area contributed by atoms with Gasteiger partial charge in [-0.25, -0.2) is 4.79 Å². The number of rotatable bonds is 8. The van der Waals surface area contributed by atoms with E-state index >= 15 is 0 Å². The number of halogens is 2. The summed E-state index contributed by atoms with van der Waals surface area (Å²) in [6.45, 7) is -1.84. The van der Waals surface area contributed by atoms with Gasteiger partial charge in [0, 0.05) is 0 Å². The van der Waals surface area contributed by atoms with E-state index in [4.69, 9.17) is 14.7 Å². The van der Waals surface area contributed by atoms with Gasteiger partial charge in [0.25, 0.3) is 5.91 Å². The van der Waals surface area contributed by atoms with Crippen molar-refractivity contribution in [2.75, 3.05) is 18.5 Å². The molecular formula is C19H16F2N2O5. The number of carbonyl (C=O) groups excluding carboxylic acids is 2. The number of alkyl halides is 2. The van der Waals surface area contributed by atoms with Gasteiger partial charge in [0.2, 0.25) is 0 Å². The molecule has 7 nitrogen and oxygen atoms in total. The third-order valence-electron chi connectivity index (χ3n) is 3.35. The Labute approximate surface area is 159 Å². The molecule has 0 aliphatic carbocycles. The molecule has 28 heavy (non-hydrogen) atoms. The molecule has 0 bridgehead atoms. The van der Waals surface area contributed by atoms with Crippen molar-refractivity contribution in [1.82, 2.24) is 0 Å². The summed E-state index contributed by atoms with van der Waals surface area (Å²) < 4.78 is 39.2. The van der Waals surface area contributed by atoms with E-state index in [1.54, 1.807) is 19.1 Å². The van der Waals surface area contributed by atoms with Crippen LogP contribution in [0.2, 0.25) is 0 Å². The minimum absolute atomic E-state index is 0.00436. The molecule has 146 valence electrons. The predicted octanol–water partition coefficient (Wildman–Crippen LogP) is 3.35. The molecule has 0 unspecified atom stereocenters. The second-order valence-electron chi connectivity index (χ2n) is 5.25. The van der Waals surface area contributed by atoms with Gasteiger partial charge in [-0.1, -0.05) is 12.1 Å². The number of esters is 1. The second kappa shape index (κ2) is 9.87. The van der Waals surface area contributed by atoms with Crippen LogP contribution in [-0.2, 0) is 9.53 Å². The number of amides is 1. The molecule has 1 amide bonds. The highest BCUT2D eigenvalue weighted by atomic mass is 19.3. The Kier molecular flexibility index (Phi) is 7.28. The van der Waals surface area contributed by atoms with Crippen LogP contribution in [0.25, 0.3) is 0 Å². The third-order valence-corrected chi connectivity index (χ3v) is 3.35. The fourth-order valence-corrected chi connectivity index (χ4v) is 2.19. The molecule has 0 radical (unpaired) electrons. The molecular weight excluding hydrogens is 374 g/mol. The molecule has 1 N–H and O–H groups in total. The minimum atomic E-state index is -3.04. The largest absolute Gasteiger partial charge is 0.490 e. The Morgan fingerprint density at radius 3 is 2.61 bits per heavy atom. The van der Waals surface area contributed by atoms with Gasteiger partial charge in [-0.15, -0.1) is 0 Å². The third kappa shape index (κ3) is 5.67. The molecule has 0 fully saturated rings. The number of para-hydroxylation sites is 1. The first-order valence-corrected chi connectivity index (χ1v) is 8.12. The Morgan fingerprint density at radius 2 is 1.93 bits per heavy atom. The van der Waals surface area contributed by atoms with Crippen LogP contribution in [0.5, 0.6) is 11.5 Å². The van der Waals surface area contributed by atoms with Crippen molar-refractivity contribution in [2.24, 2.45) is 0 Å². The zero-order chi connectivity index (χ0) is 20.5. The summed E-state index contributed by atoms with van der Waals surface area (Å²) in [4.78, 5) is 24.1. The molecule has 0 saturated carbocycles. The minimum Gasteiger partial charge on any atom is -0.490 e. The van der Waals surface area contributed by atoms with E-state index < -0.39 is 25.1 Å². The van der Waals surface area contributed by atoms with Crippen molar-refractivity contribution < 1.29 is 32.6 Å². The predicted molar refractivity (Wildman–Crippen MR) is 94.3 cm³/mol. The first-order chi connectivity index (χ1) is 13.4. The van der Waals surface area contributed by atoms with Crippen LogP contribution in [0.15, 0.2) is 42.5 Å². The monoisotopic (exact) mass is 390 g/mol. The average molecular weight is 390 g/mol. The molecule has 0 heterocycles. The van der Waals surface area contributed by atoms with Crippen LogP contribution < -0.4 is 14.8 Å². The van der Waals surface area contributed by atoms with E-state index in [9.17, 15) is 18.4 Å². The molecule has 9 heteroatoms. The van der Waals surface area contributed by atoms with Crippen molar-refractivity contribution in [2.45, 2.75) is 13.5 Å². The maximum absolute atomic E-state index is 12.4. The molecule has 0 aromatic heterocycles. The van der Waals surface area contributed by atoms with Crippen LogP contribution in [0.1, 0.15) is 22.8 Å². The lowest BCUT2D eigenvalue weighted by molar-refractivity contribution is -0.119. The van der Waals surface area contributed by atoms with Gasteiger partial charge in [0.1, 0.15) is 6.07 Å². The fraction of sp³-hybridized carbons (Fsp3) is 0.211. The highest BCUT2D eigenvalue weighted by Crippen LogP contribution is 2.30. The molecule has 0 aliphatic heterocycles. The van der Waals surface area contributed by atoms with Gasteiger partial charge in [0.05, 0.1) is 23.4 Å². The summed E-state index contributed by atoms with van der Waals surface area (Å²) in [6, 6.07) is 11.8. The number of carbonyl (C=O) groups is 2. The van der Waals surface area contributed by atoms with Crippen LogP contribution in [0, 0.1) is 11.3 Å². The Bertz CT molecular complexity index is 896. The van der Waals surface area contributed by atoms with Crippen molar-refractivity contribution in [1.29, 1.82) is 5.26 Å². The van der Waals surface area contributed by atoms with Gasteiger partial charge < -0.3 is 19.5 Å². The standard InChI is InChI=1S/C19H16F2N2O5/c1-2-26-16-9-12(7-8-15(16)28-19(20)21)18(25)27-11-17(24)23-14-6-4-3-5-13(14)10-22/h3-9,19H,2,11H2,1H3,(H,23,24). The Balaban J connectivity index is 2.01. The summed E-state index contributed by atoms with van der Waals surface area (Å²) in [5.41, 5.74) is 0.548. The number of hydrogen-bond acceptors (Lipinski definition) is 6. The van der Waals surface area contributed by atoms with E-state index in [0.29, 0.717) is 0 Å². The van der Waals surface area contributed by atoms with Crippen LogP contribution in [0.3, 0.4) is 0 Å². The van der Waals surface area contributed by atoms with Crippen molar-refractivity contribution in [3.63, 3.8) is 0 Å². The van der Waals surface area contributed by atoms with Gasteiger partial charge in [-0.2, -0.15) is 14.0 Å². The molecule has 0 saturated heterocycles. The molecule has 0 atom stereocenters. The van der Waals surface area contributed by atoms with Crippen molar-refractivity contribution in [3.8, 4) is 17.6 Å². The van der Waals surface area contributed by atoms with Crippen LogP contribution in [-0.4, -0.2) is 31.7 Å². The lowest BCUT2D eigenvalue weighted by Gasteiger charge is -2.12. The smallest absolute Gasteiger partial charge is 0.387 e. The Hall–Kier alpha value is -3.67. The summed E-state index contributed by atoms with van der Waals surface area (Å²) in [5, 5.41) is 11.5. The van der Waals surface area contributed by atoms with Gasteiger partial charge in [-0.05, 0) is 37.3 Å². The number of nitrogens with one attached hydrogen (secondary N) is 1. The summed E-state index contributed by atoms with van der Waals surface area (Å²) >= 11 is 0. The maximum atomic E-state index is 12.4. The van der Waals surface area contributed by atoms with Crippen molar-refractivity contribution >= 4 is 17.6 Å². The van der Waals surface area contributed by atoms with Gasteiger partial charge >= 0.3 is 12.6 Å². The van der Waals surface area contributed by atoms with E-state index in [-0.39, 0.29) is 34.9 Å². The summed E-state index contributed by atoms with van der Waals surface area (Å²) in [5.74, 6) is -1.77. The van der Waals surface area contributed by atoms with E-state index in [1.165, 1.54) is 24.3 Å². The van der Waals surface area contributed by atoms with E-state index in [2.05, 4.69) is 10.1 Å². The topological polar surface area (TPSA) is 97.6 Å². The zero-order valence-corrected chi connectivity index (χ0v) is 14.8. The summed E-state index contributed by atoms with van der Waals surface area (Å²) in [7, 11) is 0. The first kappa shape index (κ1) is 20.6. The fourth-order valence-electron chi connectivity index (χ4n) is 2.19. The molecule has 2 aromatic rings. The molecule has 0 aliphatic rings. The van der Waals surface area contributed by atoms with Gasteiger partial charge in [-0.3, -0.25) is 4.79 Å². The number of ether oxygens (including phenoxy) is 3. The SMILES string of the molecule is CCOc1cc(C(=O)OCC(=O)Nc2ccccc2C#N)ccc1OC(F)F. The van der Waals surface area contributed by atoms with Crippen molar-refractivity contribution in [3.05, 3.63) is 53.6 Å². The molecule has 2 aromatic carbocycles. The van der Waals surface area contributed by atoms with Crippen LogP contribution >= 0.6 is 0 Å². The summed E-state index contributed by atoms with van der Waals surface area (Å²) in [6.07, 6.45) is 0. The quantitative estimate of drug-likeness (QED) is 0.694.